The van der Waals surface area contributed by atoms with E-state index in [0.717, 1.165) is 24.2 Å². The first-order valence-corrected chi connectivity index (χ1v) is 7.64. The Hall–Kier alpha value is -2.15. The fraction of sp³-hybridized carbons (Fsp3) is 0.471. The Kier molecular flexibility index (Phi) is 3.74. The molecule has 0 amide bonds. The van der Waals surface area contributed by atoms with Gasteiger partial charge in [0, 0.05) is 5.92 Å². The lowest BCUT2D eigenvalue weighted by molar-refractivity contribution is 0.429. The summed E-state index contributed by atoms with van der Waals surface area (Å²) < 4.78 is 1.89. The average molecular weight is 280 g/mol. The van der Waals surface area contributed by atoms with E-state index in [4.69, 9.17) is 0 Å². The molecule has 108 valence electrons. The summed E-state index contributed by atoms with van der Waals surface area (Å²) in [5.41, 5.74) is 4.93. The number of hydrogen-bond donors (Lipinski definition) is 0. The molecule has 1 saturated carbocycles. The minimum atomic E-state index is 0.407. The Balaban J connectivity index is 2.10. The van der Waals surface area contributed by atoms with Gasteiger partial charge in [-0.3, -0.25) is 0 Å². The number of benzene rings is 1. The standard InChI is InChI=1S/C17H20N4/c1-12-8-9-16(13(2)10-12)21-17(15(11-18)19-20-21)14-6-4-3-5-7-14/h8-10,14H,3-7H2,1-2H3. The normalized spacial score (nSPS) is 15.9. The summed E-state index contributed by atoms with van der Waals surface area (Å²) in [5, 5.41) is 17.7. The zero-order valence-electron chi connectivity index (χ0n) is 12.6. The lowest BCUT2D eigenvalue weighted by Gasteiger charge is -2.22. The molecule has 0 radical (unpaired) electrons. The number of nitrogens with zero attached hydrogens (tertiary/aromatic N) is 4. The van der Waals surface area contributed by atoms with Crippen LogP contribution < -0.4 is 0 Å². The summed E-state index contributed by atoms with van der Waals surface area (Å²) in [4.78, 5) is 0. The highest BCUT2D eigenvalue weighted by atomic mass is 15.4. The summed E-state index contributed by atoms with van der Waals surface area (Å²) in [6.07, 6.45) is 6.02. The molecule has 0 atom stereocenters. The van der Waals surface area contributed by atoms with E-state index in [0.29, 0.717) is 11.6 Å². The molecule has 0 spiro atoms. The molecule has 0 saturated heterocycles. The molecule has 1 aromatic heterocycles. The summed E-state index contributed by atoms with van der Waals surface area (Å²) in [6, 6.07) is 8.53. The second-order valence-electron chi connectivity index (χ2n) is 5.97. The van der Waals surface area contributed by atoms with Crippen molar-refractivity contribution in [1.29, 1.82) is 5.26 Å². The second kappa shape index (κ2) is 5.69. The molecule has 4 nitrogen and oxygen atoms in total. The van der Waals surface area contributed by atoms with Crippen LogP contribution in [0, 0.1) is 25.2 Å². The number of nitriles is 1. The Labute approximate surface area is 125 Å². The van der Waals surface area contributed by atoms with Crippen molar-refractivity contribution in [3.63, 3.8) is 0 Å². The highest BCUT2D eigenvalue weighted by Crippen LogP contribution is 2.35. The lowest BCUT2D eigenvalue weighted by atomic mass is 9.86. The Morgan fingerprint density at radius 1 is 1.19 bits per heavy atom. The van der Waals surface area contributed by atoms with Crippen molar-refractivity contribution in [1.82, 2.24) is 15.0 Å². The topological polar surface area (TPSA) is 54.5 Å². The van der Waals surface area contributed by atoms with Gasteiger partial charge in [-0.15, -0.1) is 5.10 Å². The van der Waals surface area contributed by atoms with Crippen molar-refractivity contribution in [3.8, 4) is 11.8 Å². The molecule has 0 N–H and O–H groups in total. The van der Waals surface area contributed by atoms with Crippen LogP contribution in [0.4, 0.5) is 0 Å². The van der Waals surface area contributed by atoms with E-state index in [9.17, 15) is 5.26 Å². The predicted octanol–water partition coefficient (Wildman–Crippen LogP) is 3.80. The third-order valence-electron chi connectivity index (χ3n) is 4.38. The SMILES string of the molecule is Cc1ccc(-n2nnc(C#N)c2C2CCCCC2)c(C)c1. The van der Waals surface area contributed by atoms with E-state index in [2.05, 4.69) is 48.4 Å². The fourth-order valence-electron chi connectivity index (χ4n) is 3.33. The molecule has 0 bridgehead atoms. The van der Waals surface area contributed by atoms with E-state index < -0.39 is 0 Å². The third-order valence-corrected chi connectivity index (χ3v) is 4.38. The van der Waals surface area contributed by atoms with Crippen molar-refractivity contribution in [2.75, 3.05) is 0 Å². The van der Waals surface area contributed by atoms with Crippen LogP contribution >= 0.6 is 0 Å². The molecule has 1 aliphatic carbocycles. The lowest BCUT2D eigenvalue weighted by Crippen LogP contribution is -2.13. The fourth-order valence-corrected chi connectivity index (χ4v) is 3.33. The summed E-state index contributed by atoms with van der Waals surface area (Å²) in [7, 11) is 0. The highest BCUT2D eigenvalue weighted by Gasteiger charge is 2.25. The number of hydrogen-bond acceptors (Lipinski definition) is 3. The van der Waals surface area contributed by atoms with Gasteiger partial charge in [-0.05, 0) is 38.3 Å². The molecule has 3 rings (SSSR count). The molecule has 1 aliphatic rings. The minimum absolute atomic E-state index is 0.407. The molecule has 21 heavy (non-hydrogen) atoms. The smallest absolute Gasteiger partial charge is 0.186 e. The van der Waals surface area contributed by atoms with Crippen molar-refractivity contribution in [3.05, 3.63) is 40.7 Å². The Morgan fingerprint density at radius 2 is 1.95 bits per heavy atom. The molecule has 0 aliphatic heterocycles. The van der Waals surface area contributed by atoms with Gasteiger partial charge in [-0.25, -0.2) is 4.68 Å². The zero-order valence-corrected chi connectivity index (χ0v) is 12.6. The van der Waals surface area contributed by atoms with E-state index in [-0.39, 0.29) is 0 Å². The second-order valence-corrected chi connectivity index (χ2v) is 5.97. The Bertz CT molecular complexity index is 687. The maximum absolute atomic E-state index is 9.36. The maximum atomic E-state index is 9.36. The maximum Gasteiger partial charge on any atom is 0.186 e. The molecular formula is C17H20N4. The van der Waals surface area contributed by atoms with Crippen LogP contribution in [-0.2, 0) is 0 Å². The van der Waals surface area contributed by atoms with Gasteiger partial charge in [-0.1, -0.05) is 42.2 Å². The van der Waals surface area contributed by atoms with Gasteiger partial charge >= 0.3 is 0 Å². The molecule has 0 unspecified atom stereocenters. The van der Waals surface area contributed by atoms with Crippen LogP contribution in [0.1, 0.15) is 60.5 Å². The van der Waals surface area contributed by atoms with Crippen molar-refractivity contribution >= 4 is 0 Å². The van der Waals surface area contributed by atoms with Crippen LogP contribution in [0.2, 0.25) is 0 Å². The predicted molar refractivity (Wildman–Crippen MR) is 81.4 cm³/mol. The number of aryl methyl sites for hydroxylation is 2. The van der Waals surface area contributed by atoms with Gasteiger partial charge in [-0.2, -0.15) is 5.26 Å². The first-order chi connectivity index (χ1) is 10.2. The van der Waals surface area contributed by atoms with Crippen molar-refractivity contribution in [2.24, 2.45) is 0 Å². The van der Waals surface area contributed by atoms with Gasteiger partial charge in [0.1, 0.15) is 6.07 Å². The van der Waals surface area contributed by atoms with Crippen LogP contribution in [0.15, 0.2) is 18.2 Å². The molecule has 1 fully saturated rings. The first-order valence-electron chi connectivity index (χ1n) is 7.64. The van der Waals surface area contributed by atoms with Crippen molar-refractivity contribution < 1.29 is 0 Å². The van der Waals surface area contributed by atoms with Gasteiger partial charge in [0.05, 0.1) is 11.4 Å². The molecule has 1 aromatic carbocycles. The van der Waals surface area contributed by atoms with E-state index in [1.54, 1.807) is 0 Å². The highest BCUT2D eigenvalue weighted by molar-refractivity contribution is 5.45. The van der Waals surface area contributed by atoms with E-state index in [1.807, 2.05) is 4.68 Å². The molecule has 4 heteroatoms. The molecule has 1 heterocycles. The number of rotatable bonds is 2. The largest absolute Gasteiger partial charge is 0.216 e. The van der Waals surface area contributed by atoms with E-state index in [1.165, 1.54) is 30.4 Å². The first kappa shape index (κ1) is 13.8. The van der Waals surface area contributed by atoms with Crippen LogP contribution in [0.5, 0.6) is 0 Å². The quantitative estimate of drug-likeness (QED) is 0.840. The molecule has 2 aromatic rings. The molecular weight excluding hydrogens is 260 g/mol. The van der Waals surface area contributed by atoms with Gasteiger partial charge in [0.25, 0.3) is 0 Å². The van der Waals surface area contributed by atoms with Crippen LogP contribution in [-0.4, -0.2) is 15.0 Å². The van der Waals surface area contributed by atoms with Crippen LogP contribution in [0.25, 0.3) is 5.69 Å². The van der Waals surface area contributed by atoms with Crippen molar-refractivity contribution in [2.45, 2.75) is 51.9 Å². The Morgan fingerprint density at radius 3 is 2.62 bits per heavy atom. The van der Waals surface area contributed by atoms with Crippen LogP contribution in [0.3, 0.4) is 0 Å². The minimum Gasteiger partial charge on any atom is -0.216 e. The summed E-state index contributed by atoms with van der Waals surface area (Å²) in [6.45, 7) is 4.17. The zero-order chi connectivity index (χ0) is 14.8. The monoisotopic (exact) mass is 280 g/mol. The third kappa shape index (κ3) is 2.56. The van der Waals surface area contributed by atoms with Gasteiger partial charge in [0.2, 0.25) is 0 Å². The number of aromatic nitrogens is 3. The van der Waals surface area contributed by atoms with E-state index >= 15 is 0 Å². The van der Waals surface area contributed by atoms with Gasteiger partial charge in [0.15, 0.2) is 5.69 Å². The summed E-state index contributed by atoms with van der Waals surface area (Å²) in [5.74, 6) is 0.407. The average Bonchev–Trinajstić information content (AvgIpc) is 2.92. The summed E-state index contributed by atoms with van der Waals surface area (Å²) >= 11 is 0. The van der Waals surface area contributed by atoms with Gasteiger partial charge < -0.3 is 0 Å².